The normalized spacial score (nSPS) is 13.9. The summed E-state index contributed by atoms with van der Waals surface area (Å²) in [6.07, 6.45) is 7.98. The highest BCUT2D eigenvalue weighted by molar-refractivity contribution is 6.29. The number of pyridine rings is 1. The summed E-state index contributed by atoms with van der Waals surface area (Å²) in [4.78, 5) is 8.75. The molecular weight excluding hydrogens is 284 g/mol. The fourth-order valence-corrected chi connectivity index (χ4v) is 2.47. The monoisotopic (exact) mass is 300 g/mol. The fourth-order valence-electron chi connectivity index (χ4n) is 2.28. The molecule has 0 aromatic carbocycles. The molecule has 0 unspecified atom stereocenters. The van der Waals surface area contributed by atoms with E-state index in [1.54, 1.807) is 16.9 Å². The van der Waals surface area contributed by atoms with Crippen molar-refractivity contribution in [2.24, 2.45) is 0 Å². The van der Waals surface area contributed by atoms with E-state index in [1.165, 1.54) is 12.8 Å². The molecule has 0 atom stereocenters. The maximum atomic E-state index is 6.10. The van der Waals surface area contributed by atoms with Crippen LogP contribution in [0.25, 0.3) is 16.8 Å². The summed E-state index contributed by atoms with van der Waals surface area (Å²) in [6, 6.07) is 5.77. The molecule has 108 valence electrons. The third-order valence-electron chi connectivity index (χ3n) is 3.40. The minimum atomic E-state index is 0.471. The van der Waals surface area contributed by atoms with Crippen LogP contribution in [0.3, 0.4) is 0 Å². The van der Waals surface area contributed by atoms with E-state index >= 15 is 0 Å². The van der Waals surface area contributed by atoms with Crippen molar-refractivity contribution in [1.29, 1.82) is 0 Å². The summed E-state index contributed by atoms with van der Waals surface area (Å²) in [5, 5.41) is 4.77. The van der Waals surface area contributed by atoms with Crippen LogP contribution < -0.4 is 0 Å². The van der Waals surface area contributed by atoms with Crippen molar-refractivity contribution in [2.75, 3.05) is 0 Å². The van der Waals surface area contributed by atoms with E-state index in [1.807, 2.05) is 38.2 Å². The van der Waals surface area contributed by atoms with Crippen LogP contribution >= 0.6 is 11.6 Å². The summed E-state index contributed by atoms with van der Waals surface area (Å²) in [6.45, 7) is 4.00. The molecule has 4 nitrogen and oxygen atoms in total. The van der Waals surface area contributed by atoms with E-state index in [2.05, 4.69) is 10.1 Å². The third-order valence-corrected chi connectivity index (χ3v) is 3.59. The Hall–Kier alpha value is -1.94. The van der Waals surface area contributed by atoms with E-state index in [9.17, 15) is 0 Å². The average Bonchev–Trinajstić information content (AvgIpc) is 3.29. The molecule has 0 radical (unpaired) electrons. The first-order valence-electron chi connectivity index (χ1n) is 7.27. The van der Waals surface area contributed by atoms with Crippen molar-refractivity contribution in [2.45, 2.75) is 32.6 Å². The summed E-state index contributed by atoms with van der Waals surface area (Å²) >= 11 is 6.10. The quantitative estimate of drug-likeness (QED) is 0.706. The average molecular weight is 301 g/mol. The Morgan fingerprint density at radius 3 is 2.57 bits per heavy atom. The second-order valence-corrected chi connectivity index (χ2v) is 5.21. The molecule has 0 N–H and O–H groups in total. The Kier molecular flexibility index (Phi) is 3.88. The maximum absolute atomic E-state index is 6.10. The smallest absolute Gasteiger partial charge is 0.161 e. The van der Waals surface area contributed by atoms with Gasteiger partial charge in [0.2, 0.25) is 0 Å². The standard InChI is InChI=1S/C14H11ClN4.C2H6/c15-13-7-11(9-3-5-16-6-4-9)14-17-12(10-1-2-10)8-19(14)18-13;1-2/h3-8,10H,1-2H2;1-2H3. The van der Waals surface area contributed by atoms with Gasteiger partial charge in [-0.1, -0.05) is 25.4 Å². The lowest BCUT2D eigenvalue weighted by Gasteiger charge is -2.03. The molecule has 3 aromatic heterocycles. The zero-order chi connectivity index (χ0) is 14.8. The molecule has 1 saturated carbocycles. The fraction of sp³-hybridized carbons (Fsp3) is 0.312. The minimum Gasteiger partial charge on any atom is -0.265 e. The third kappa shape index (κ3) is 2.76. The minimum absolute atomic E-state index is 0.471. The molecule has 21 heavy (non-hydrogen) atoms. The Balaban J connectivity index is 0.000000636. The SMILES string of the molecule is CC.Clc1cc(-c2ccncc2)c2nc(C3CC3)cn2n1. The summed E-state index contributed by atoms with van der Waals surface area (Å²) in [7, 11) is 0. The van der Waals surface area contributed by atoms with Gasteiger partial charge in [0.15, 0.2) is 10.8 Å². The van der Waals surface area contributed by atoms with Gasteiger partial charge in [-0.2, -0.15) is 5.10 Å². The van der Waals surface area contributed by atoms with Crippen LogP contribution in [0.15, 0.2) is 36.8 Å². The van der Waals surface area contributed by atoms with Crippen molar-refractivity contribution in [3.63, 3.8) is 0 Å². The largest absolute Gasteiger partial charge is 0.265 e. The van der Waals surface area contributed by atoms with Gasteiger partial charge in [-0.25, -0.2) is 9.50 Å². The van der Waals surface area contributed by atoms with E-state index in [-0.39, 0.29) is 0 Å². The van der Waals surface area contributed by atoms with Crippen LogP contribution in [0.4, 0.5) is 0 Å². The number of hydrogen-bond acceptors (Lipinski definition) is 3. The van der Waals surface area contributed by atoms with E-state index in [0.29, 0.717) is 11.1 Å². The Morgan fingerprint density at radius 1 is 1.19 bits per heavy atom. The molecular formula is C16H17ClN4. The first-order chi connectivity index (χ1) is 10.3. The van der Waals surface area contributed by atoms with Gasteiger partial charge < -0.3 is 0 Å². The molecule has 0 spiro atoms. The van der Waals surface area contributed by atoms with Crippen molar-refractivity contribution < 1.29 is 0 Å². The Morgan fingerprint density at radius 2 is 1.90 bits per heavy atom. The zero-order valence-electron chi connectivity index (χ0n) is 12.1. The molecule has 5 heteroatoms. The molecule has 0 aliphatic heterocycles. The van der Waals surface area contributed by atoms with Crippen LogP contribution in [0.1, 0.15) is 38.3 Å². The van der Waals surface area contributed by atoms with Crippen molar-refractivity contribution in [3.8, 4) is 11.1 Å². The summed E-state index contributed by atoms with van der Waals surface area (Å²) < 4.78 is 1.78. The van der Waals surface area contributed by atoms with E-state index in [0.717, 1.165) is 22.5 Å². The summed E-state index contributed by atoms with van der Waals surface area (Å²) in [5.41, 5.74) is 4.02. The highest BCUT2D eigenvalue weighted by Crippen LogP contribution is 2.40. The predicted molar refractivity (Wildman–Crippen MR) is 84.6 cm³/mol. The molecule has 1 aliphatic rings. The van der Waals surface area contributed by atoms with E-state index < -0.39 is 0 Å². The van der Waals surface area contributed by atoms with Gasteiger partial charge >= 0.3 is 0 Å². The second-order valence-electron chi connectivity index (χ2n) is 4.82. The van der Waals surface area contributed by atoms with Gasteiger partial charge in [-0.15, -0.1) is 0 Å². The lowest BCUT2D eigenvalue weighted by molar-refractivity contribution is 0.932. The molecule has 4 rings (SSSR count). The number of hydrogen-bond donors (Lipinski definition) is 0. The van der Waals surface area contributed by atoms with Crippen LogP contribution in [-0.2, 0) is 0 Å². The van der Waals surface area contributed by atoms with Gasteiger partial charge in [0.1, 0.15) is 0 Å². The number of rotatable bonds is 2. The van der Waals surface area contributed by atoms with Crippen LogP contribution in [0, 0.1) is 0 Å². The first kappa shape index (κ1) is 14.0. The van der Waals surface area contributed by atoms with Gasteiger partial charge in [-0.3, -0.25) is 4.98 Å². The molecule has 3 heterocycles. The number of aromatic nitrogens is 4. The lowest BCUT2D eigenvalue weighted by atomic mass is 10.1. The zero-order valence-corrected chi connectivity index (χ0v) is 12.9. The lowest BCUT2D eigenvalue weighted by Crippen LogP contribution is -1.93. The maximum Gasteiger partial charge on any atom is 0.161 e. The first-order valence-corrected chi connectivity index (χ1v) is 7.65. The number of nitrogens with zero attached hydrogens (tertiary/aromatic N) is 4. The van der Waals surface area contributed by atoms with Crippen molar-refractivity contribution >= 4 is 17.2 Å². The van der Waals surface area contributed by atoms with Crippen LogP contribution in [0.2, 0.25) is 5.15 Å². The van der Waals surface area contributed by atoms with Gasteiger partial charge in [-0.05, 0) is 36.6 Å². The number of halogens is 1. The van der Waals surface area contributed by atoms with Crippen molar-refractivity contribution in [1.82, 2.24) is 19.6 Å². The van der Waals surface area contributed by atoms with Crippen LogP contribution in [0.5, 0.6) is 0 Å². The van der Waals surface area contributed by atoms with Crippen molar-refractivity contribution in [3.05, 3.63) is 47.6 Å². The number of imidazole rings is 1. The summed E-state index contributed by atoms with van der Waals surface area (Å²) in [5.74, 6) is 0.603. The van der Waals surface area contributed by atoms with Gasteiger partial charge in [0.05, 0.1) is 11.9 Å². The van der Waals surface area contributed by atoms with Crippen LogP contribution in [-0.4, -0.2) is 19.6 Å². The Labute approximate surface area is 128 Å². The molecule has 3 aromatic rings. The van der Waals surface area contributed by atoms with E-state index in [4.69, 9.17) is 16.6 Å². The van der Waals surface area contributed by atoms with Gasteiger partial charge in [0, 0.05) is 23.9 Å². The molecule has 1 aliphatic carbocycles. The molecule has 1 fully saturated rings. The number of fused-ring (bicyclic) bond motifs is 1. The van der Waals surface area contributed by atoms with Gasteiger partial charge in [0.25, 0.3) is 0 Å². The molecule has 0 amide bonds. The predicted octanol–water partition coefficient (Wildman–Crippen LogP) is 4.35. The topological polar surface area (TPSA) is 43.1 Å². The highest BCUT2D eigenvalue weighted by atomic mass is 35.5. The molecule has 0 saturated heterocycles. The highest BCUT2D eigenvalue weighted by Gasteiger charge is 2.27. The second kappa shape index (κ2) is 5.82. The Bertz CT molecular complexity index is 748. The molecule has 0 bridgehead atoms.